The molecule has 33 heavy (non-hydrogen) atoms. The van der Waals surface area contributed by atoms with E-state index in [1.807, 2.05) is 6.92 Å². The van der Waals surface area contributed by atoms with Gasteiger partial charge >= 0.3 is 23.9 Å². The minimum Gasteiger partial charge on any atom is -0.466 e. The molecule has 4 rings (SSSR count). The van der Waals surface area contributed by atoms with Crippen LogP contribution in [0.4, 0.5) is 0 Å². The van der Waals surface area contributed by atoms with Gasteiger partial charge in [0.05, 0.1) is 30.3 Å². The molecule has 3 saturated heterocycles. The zero-order valence-corrected chi connectivity index (χ0v) is 19.2. The standard InChI is InChI=1S/C23H28O10/c1-10-14-16(31-21(27)23(5)11(2)32-23)15(29-12(3)24)13(20(26)28-6)8-7-9-22(4)18(33-22)17(14)30-19(10)25/h8,11,14-18H,1,7,9H2,2-6H3/b13-8-/t11-,14-,15+,16+,17+,18-,22-,23-/m1/s1. The number of ether oxygens (including phenoxy) is 6. The first kappa shape index (κ1) is 23.4. The van der Waals surface area contributed by atoms with Gasteiger partial charge in [-0.05, 0) is 33.6 Å². The van der Waals surface area contributed by atoms with Crippen molar-refractivity contribution in [1.82, 2.24) is 0 Å². The van der Waals surface area contributed by atoms with Gasteiger partial charge in [-0.2, -0.15) is 0 Å². The van der Waals surface area contributed by atoms with Crippen LogP contribution in [0.15, 0.2) is 23.8 Å². The Morgan fingerprint density at radius 3 is 2.42 bits per heavy atom. The molecule has 0 aromatic heterocycles. The molecule has 0 aromatic carbocycles. The van der Waals surface area contributed by atoms with Crippen LogP contribution < -0.4 is 0 Å². The molecule has 0 bridgehead atoms. The third kappa shape index (κ3) is 3.95. The zero-order valence-electron chi connectivity index (χ0n) is 19.2. The van der Waals surface area contributed by atoms with Crippen molar-refractivity contribution in [3.8, 4) is 0 Å². The highest BCUT2D eigenvalue weighted by Gasteiger charge is 2.66. The summed E-state index contributed by atoms with van der Waals surface area (Å²) in [6.07, 6.45) is -1.87. The Morgan fingerprint density at radius 1 is 1.18 bits per heavy atom. The van der Waals surface area contributed by atoms with E-state index in [1.165, 1.54) is 14.0 Å². The summed E-state index contributed by atoms with van der Waals surface area (Å²) in [6.45, 7) is 10.2. The molecular weight excluding hydrogens is 436 g/mol. The van der Waals surface area contributed by atoms with E-state index in [0.29, 0.717) is 12.8 Å². The second kappa shape index (κ2) is 7.95. The van der Waals surface area contributed by atoms with E-state index in [0.717, 1.165) is 0 Å². The van der Waals surface area contributed by atoms with Gasteiger partial charge in [-0.15, -0.1) is 0 Å². The number of fused-ring (bicyclic) bond motifs is 3. The minimum atomic E-state index is -1.36. The van der Waals surface area contributed by atoms with Gasteiger partial charge in [0.15, 0.2) is 17.8 Å². The van der Waals surface area contributed by atoms with Crippen LogP contribution in [0.5, 0.6) is 0 Å². The first-order chi connectivity index (χ1) is 15.4. The SMILES string of the molecule is C=C1C(=O)O[C@H]2[C@H]1[C@H](OC(=O)[C@]1(C)O[C@@H]1C)[C@@H](OC(C)=O)/C(C(=O)OC)=C/CC[C@@]1(C)O[C@H]21. The van der Waals surface area contributed by atoms with E-state index < -0.39 is 65.4 Å². The molecule has 4 aliphatic rings. The molecule has 1 aliphatic carbocycles. The maximum Gasteiger partial charge on any atom is 0.341 e. The van der Waals surface area contributed by atoms with Crippen molar-refractivity contribution in [3.05, 3.63) is 23.8 Å². The van der Waals surface area contributed by atoms with E-state index in [1.54, 1.807) is 19.9 Å². The summed E-state index contributed by atoms with van der Waals surface area (Å²) in [7, 11) is 1.19. The fourth-order valence-electron chi connectivity index (χ4n) is 4.66. The smallest absolute Gasteiger partial charge is 0.341 e. The van der Waals surface area contributed by atoms with E-state index in [9.17, 15) is 19.2 Å². The van der Waals surface area contributed by atoms with Gasteiger partial charge in [0.25, 0.3) is 0 Å². The number of carbonyl (C=O) groups excluding carboxylic acids is 4. The van der Waals surface area contributed by atoms with Crippen molar-refractivity contribution in [1.29, 1.82) is 0 Å². The Hall–Kier alpha value is -2.72. The fraction of sp³-hybridized carbons (Fsp3) is 0.652. The van der Waals surface area contributed by atoms with Crippen LogP contribution in [0, 0.1) is 5.92 Å². The Kier molecular flexibility index (Phi) is 5.65. The molecule has 0 aromatic rings. The van der Waals surface area contributed by atoms with Gasteiger partial charge in [-0.3, -0.25) is 4.79 Å². The van der Waals surface area contributed by atoms with Crippen LogP contribution in [-0.2, 0) is 47.6 Å². The summed E-state index contributed by atoms with van der Waals surface area (Å²) < 4.78 is 33.2. The summed E-state index contributed by atoms with van der Waals surface area (Å²) in [5.74, 6) is -3.79. The lowest BCUT2D eigenvalue weighted by Gasteiger charge is -2.34. The van der Waals surface area contributed by atoms with Crippen molar-refractivity contribution in [2.75, 3.05) is 7.11 Å². The number of epoxide rings is 2. The first-order valence-corrected chi connectivity index (χ1v) is 10.8. The normalized spacial score (nSPS) is 43.1. The second-order valence-corrected chi connectivity index (χ2v) is 9.23. The van der Waals surface area contributed by atoms with E-state index >= 15 is 0 Å². The summed E-state index contributed by atoms with van der Waals surface area (Å²) >= 11 is 0. The fourth-order valence-corrected chi connectivity index (χ4v) is 4.66. The largest absolute Gasteiger partial charge is 0.466 e. The van der Waals surface area contributed by atoms with Gasteiger partial charge in [-0.1, -0.05) is 12.7 Å². The quantitative estimate of drug-likeness (QED) is 0.258. The molecular formula is C23H28O10. The molecule has 0 spiro atoms. The van der Waals surface area contributed by atoms with Crippen molar-refractivity contribution in [3.63, 3.8) is 0 Å². The molecule has 10 nitrogen and oxygen atoms in total. The molecule has 0 saturated carbocycles. The molecule has 3 heterocycles. The summed E-state index contributed by atoms with van der Waals surface area (Å²) in [4.78, 5) is 50.4. The van der Waals surface area contributed by atoms with Crippen LogP contribution >= 0.6 is 0 Å². The number of rotatable bonds is 4. The Bertz CT molecular complexity index is 953. The molecule has 10 heteroatoms. The molecule has 180 valence electrons. The summed E-state index contributed by atoms with van der Waals surface area (Å²) in [5.41, 5.74) is -1.77. The van der Waals surface area contributed by atoms with Crippen molar-refractivity contribution < 1.29 is 47.6 Å². The van der Waals surface area contributed by atoms with Crippen LogP contribution in [0.2, 0.25) is 0 Å². The highest BCUT2D eigenvalue weighted by molar-refractivity contribution is 5.93. The average molecular weight is 464 g/mol. The number of methoxy groups -OCH3 is 1. The predicted octanol–water partition coefficient (Wildman–Crippen LogP) is 1.16. The summed E-state index contributed by atoms with van der Waals surface area (Å²) in [5, 5.41) is 0. The van der Waals surface area contributed by atoms with Crippen LogP contribution in [0.3, 0.4) is 0 Å². The molecule has 0 radical (unpaired) electrons. The molecule has 0 amide bonds. The van der Waals surface area contributed by atoms with Crippen molar-refractivity contribution in [2.45, 2.75) is 82.3 Å². The minimum absolute atomic E-state index is 0.00554. The van der Waals surface area contributed by atoms with Crippen molar-refractivity contribution >= 4 is 23.9 Å². The van der Waals surface area contributed by atoms with Gasteiger partial charge in [0.2, 0.25) is 0 Å². The van der Waals surface area contributed by atoms with Gasteiger partial charge < -0.3 is 28.4 Å². The Balaban J connectivity index is 1.82. The highest BCUT2D eigenvalue weighted by atomic mass is 16.7. The van der Waals surface area contributed by atoms with Crippen LogP contribution in [-0.4, -0.2) is 72.7 Å². The number of hydrogen-bond acceptors (Lipinski definition) is 10. The number of esters is 4. The van der Waals surface area contributed by atoms with Gasteiger partial charge in [0, 0.05) is 12.5 Å². The lowest BCUT2D eigenvalue weighted by Crippen LogP contribution is -2.49. The third-order valence-corrected chi connectivity index (χ3v) is 6.97. The molecule has 0 unspecified atom stereocenters. The van der Waals surface area contributed by atoms with E-state index in [4.69, 9.17) is 28.4 Å². The maximum absolute atomic E-state index is 13.1. The maximum atomic E-state index is 13.1. The van der Waals surface area contributed by atoms with Crippen LogP contribution in [0.25, 0.3) is 0 Å². The topological polar surface area (TPSA) is 130 Å². The number of carbonyl (C=O) groups is 4. The monoisotopic (exact) mass is 464 g/mol. The van der Waals surface area contributed by atoms with Crippen molar-refractivity contribution in [2.24, 2.45) is 5.92 Å². The van der Waals surface area contributed by atoms with E-state index in [2.05, 4.69) is 6.58 Å². The van der Waals surface area contributed by atoms with Gasteiger partial charge in [0.1, 0.15) is 12.2 Å². The number of hydrogen-bond donors (Lipinski definition) is 0. The summed E-state index contributed by atoms with van der Waals surface area (Å²) in [6, 6.07) is 0. The average Bonchev–Trinajstić information content (AvgIpc) is 3.57. The molecule has 3 fully saturated rings. The number of allylic oxidation sites excluding steroid dienone is 1. The Morgan fingerprint density at radius 2 is 1.85 bits per heavy atom. The Labute approximate surface area is 191 Å². The second-order valence-electron chi connectivity index (χ2n) is 9.23. The van der Waals surface area contributed by atoms with Crippen LogP contribution in [0.1, 0.15) is 40.5 Å². The molecule has 0 N–H and O–H groups in total. The molecule has 3 aliphatic heterocycles. The third-order valence-electron chi connectivity index (χ3n) is 6.97. The lowest BCUT2D eigenvalue weighted by molar-refractivity contribution is -0.175. The predicted molar refractivity (Wildman–Crippen MR) is 110 cm³/mol. The lowest BCUT2D eigenvalue weighted by atomic mass is 9.80. The van der Waals surface area contributed by atoms with Gasteiger partial charge in [-0.25, -0.2) is 14.4 Å². The molecule has 8 atom stereocenters. The van der Waals surface area contributed by atoms with E-state index in [-0.39, 0.29) is 17.3 Å². The first-order valence-electron chi connectivity index (χ1n) is 10.8. The zero-order chi connectivity index (χ0) is 24.3. The highest BCUT2D eigenvalue weighted by Crippen LogP contribution is 2.51.